The number of halogens is 1. The molecule has 0 aromatic heterocycles. The van der Waals surface area contributed by atoms with Crippen molar-refractivity contribution in [2.45, 2.75) is 106 Å². The van der Waals surface area contributed by atoms with Crippen LogP contribution in [0.5, 0.6) is 0 Å². The average molecular weight is 572 g/mol. The Morgan fingerprint density at radius 2 is 1.52 bits per heavy atom. The summed E-state index contributed by atoms with van der Waals surface area (Å²) in [5.74, 6) is -0.683. The van der Waals surface area contributed by atoms with Gasteiger partial charge in [-0.05, 0) is 91.8 Å². The number of anilines is 1. The molecule has 0 saturated carbocycles. The quantitative estimate of drug-likeness (QED) is 0.343. The number of aryl methyl sites for hydroxylation is 3. The molecule has 40 heavy (non-hydrogen) atoms. The molecule has 2 aromatic rings. The van der Waals surface area contributed by atoms with Crippen molar-refractivity contribution in [1.29, 1.82) is 0 Å². The normalized spacial score (nSPS) is 13.4. The maximum atomic E-state index is 14.5. The van der Waals surface area contributed by atoms with Crippen molar-refractivity contribution in [2.75, 3.05) is 5.32 Å². The van der Waals surface area contributed by atoms with Gasteiger partial charge >= 0.3 is 6.09 Å². The lowest BCUT2D eigenvalue weighted by Gasteiger charge is -2.43. The van der Waals surface area contributed by atoms with Gasteiger partial charge in [0.2, 0.25) is 5.91 Å². The minimum Gasteiger partial charge on any atom is -0.444 e. The van der Waals surface area contributed by atoms with E-state index in [9.17, 15) is 14.4 Å². The second-order valence-corrected chi connectivity index (χ2v) is 13.4. The molecule has 2 rings (SSSR count). The molecule has 8 heteroatoms. The fourth-order valence-corrected chi connectivity index (χ4v) is 4.99. The van der Waals surface area contributed by atoms with Crippen LogP contribution in [0.1, 0.15) is 90.1 Å². The molecule has 2 aromatic carbocycles. The molecule has 2 atom stereocenters. The predicted octanol–water partition coefficient (Wildman–Crippen LogP) is 7.51. The smallest absolute Gasteiger partial charge is 0.408 e. The highest BCUT2D eigenvalue weighted by molar-refractivity contribution is 6.34. The summed E-state index contributed by atoms with van der Waals surface area (Å²) in [5.41, 5.74) is 2.38. The van der Waals surface area contributed by atoms with Gasteiger partial charge in [0.05, 0.1) is 10.7 Å². The van der Waals surface area contributed by atoms with Crippen LogP contribution in [-0.4, -0.2) is 40.0 Å². The Kier molecular flexibility index (Phi) is 10.8. The van der Waals surface area contributed by atoms with Gasteiger partial charge < -0.3 is 20.3 Å². The lowest BCUT2D eigenvalue weighted by atomic mass is 9.92. The third-order valence-corrected chi connectivity index (χ3v) is 6.51. The van der Waals surface area contributed by atoms with Gasteiger partial charge in [0.1, 0.15) is 17.7 Å². The molecule has 0 aliphatic heterocycles. The number of ether oxygens (including phenoxy) is 1. The van der Waals surface area contributed by atoms with Gasteiger partial charge in [-0.3, -0.25) is 9.59 Å². The maximum Gasteiger partial charge on any atom is 0.408 e. The summed E-state index contributed by atoms with van der Waals surface area (Å²) >= 11 is 6.47. The van der Waals surface area contributed by atoms with E-state index in [4.69, 9.17) is 16.3 Å². The molecule has 2 N–H and O–H groups in total. The zero-order valence-electron chi connectivity index (χ0n) is 25.9. The van der Waals surface area contributed by atoms with Crippen LogP contribution in [0, 0.1) is 26.7 Å². The molecule has 2 unspecified atom stereocenters. The Labute approximate surface area is 245 Å². The highest BCUT2D eigenvalue weighted by atomic mass is 35.5. The SMILES string of the molecule is Cc1cc(C)cc(C(C(=O)Nc2c(C)cccc2Cl)N(C(=O)C(CC(C)C)NC(=O)OC(C)(C)C)C(C)(C)C)c1. The number of nitrogens with one attached hydrogen (secondary N) is 2. The molecule has 0 aliphatic rings. The summed E-state index contributed by atoms with van der Waals surface area (Å²) in [6.07, 6.45) is -0.311. The van der Waals surface area contributed by atoms with Crippen molar-refractivity contribution in [2.24, 2.45) is 5.92 Å². The second-order valence-electron chi connectivity index (χ2n) is 13.0. The molecule has 3 amide bonds. The molecule has 7 nitrogen and oxygen atoms in total. The number of para-hydroxylation sites is 1. The molecule has 0 radical (unpaired) electrons. The number of carbonyl (C=O) groups excluding carboxylic acids is 3. The van der Waals surface area contributed by atoms with Crippen LogP contribution in [0.3, 0.4) is 0 Å². The van der Waals surface area contributed by atoms with Gasteiger partial charge in [0.25, 0.3) is 5.91 Å². The second kappa shape index (κ2) is 13.1. The average Bonchev–Trinajstić information content (AvgIpc) is 2.75. The summed E-state index contributed by atoms with van der Waals surface area (Å²) in [7, 11) is 0. The zero-order valence-corrected chi connectivity index (χ0v) is 26.6. The molecule has 0 spiro atoms. The van der Waals surface area contributed by atoms with E-state index in [1.165, 1.54) is 0 Å². The summed E-state index contributed by atoms with van der Waals surface area (Å²) < 4.78 is 5.48. The third kappa shape index (κ3) is 9.26. The Morgan fingerprint density at radius 1 is 0.950 bits per heavy atom. The van der Waals surface area contributed by atoms with Crippen molar-refractivity contribution in [3.05, 3.63) is 63.7 Å². The van der Waals surface area contributed by atoms with Gasteiger partial charge in [0.15, 0.2) is 0 Å². The fraction of sp³-hybridized carbons (Fsp3) is 0.531. The van der Waals surface area contributed by atoms with Crippen LogP contribution >= 0.6 is 11.6 Å². The standard InChI is InChI=1S/C32H46ClN3O4/c1-19(2)15-25(34-30(39)40-32(9,10)11)29(38)36(31(6,7)8)27(23-17-20(3)16-21(4)18-23)28(37)35-26-22(5)13-12-14-24(26)33/h12-14,16-19,25,27H,15H2,1-11H3,(H,34,39)(H,35,37). The van der Waals surface area contributed by atoms with Gasteiger partial charge in [-0.15, -0.1) is 0 Å². The Bertz CT molecular complexity index is 1190. The van der Waals surface area contributed by atoms with Crippen molar-refractivity contribution < 1.29 is 19.1 Å². The summed E-state index contributed by atoms with van der Waals surface area (Å²) in [6.45, 7) is 20.7. The minimum atomic E-state index is -1.00. The minimum absolute atomic E-state index is 0.0879. The number of amides is 3. The van der Waals surface area contributed by atoms with Crippen LogP contribution in [0.25, 0.3) is 0 Å². The topological polar surface area (TPSA) is 87.7 Å². The van der Waals surface area contributed by atoms with Crippen molar-refractivity contribution in [3.63, 3.8) is 0 Å². The number of carbonyl (C=O) groups is 3. The summed E-state index contributed by atoms with van der Waals surface area (Å²) in [4.78, 5) is 43.0. The molecule has 0 fully saturated rings. The van der Waals surface area contributed by atoms with E-state index < -0.39 is 35.2 Å². The van der Waals surface area contributed by atoms with Crippen molar-refractivity contribution in [1.82, 2.24) is 10.2 Å². The zero-order chi connectivity index (χ0) is 30.6. The van der Waals surface area contributed by atoms with E-state index in [0.29, 0.717) is 22.7 Å². The first-order chi connectivity index (χ1) is 18.3. The molecule has 0 aliphatic carbocycles. The Balaban J connectivity index is 2.68. The van der Waals surface area contributed by atoms with Gasteiger partial charge in [-0.2, -0.15) is 0 Å². The summed E-state index contributed by atoms with van der Waals surface area (Å²) in [6, 6.07) is 9.34. The number of hydrogen-bond donors (Lipinski definition) is 2. The van der Waals surface area contributed by atoms with Crippen LogP contribution in [0.2, 0.25) is 5.02 Å². The first kappa shape index (κ1) is 33.1. The fourth-order valence-electron chi connectivity index (χ4n) is 4.72. The van der Waals surface area contributed by atoms with Crippen molar-refractivity contribution >= 4 is 35.2 Å². The maximum absolute atomic E-state index is 14.5. The van der Waals surface area contributed by atoms with E-state index >= 15 is 0 Å². The van der Waals surface area contributed by atoms with Crippen molar-refractivity contribution in [3.8, 4) is 0 Å². The highest BCUT2D eigenvalue weighted by Gasteiger charge is 2.42. The van der Waals surface area contributed by atoms with Crippen LogP contribution in [0.4, 0.5) is 10.5 Å². The number of alkyl carbamates (subject to hydrolysis) is 1. The Morgan fingerprint density at radius 3 is 2.00 bits per heavy atom. The summed E-state index contributed by atoms with van der Waals surface area (Å²) in [5, 5.41) is 6.19. The number of rotatable bonds is 8. The number of hydrogen-bond acceptors (Lipinski definition) is 4. The molecule has 0 saturated heterocycles. The lowest BCUT2D eigenvalue weighted by Crippen LogP contribution is -2.58. The van der Waals surface area contributed by atoms with E-state index in [2.05, 4.69) is 10.6 Å². The van der Waals surface area contributed by atoms with Gasteiger partial charge in [0, 0.05) is 5.54 Å². The molecule has 220 valence electrons. The van der Waals surface area contributed by atoms with Gasteiger partial charge in [-0.25, -0.2) is 4.79 Å². The van der Waals surface area contributed by atoms with E-state index in [0.717, 1.165) is 16.7 Å². The molecule has 0 heterocycles. The van der Waals surface area contributed by atoms with Gasteiger partial charge in [-0.1, -0.05) is 66.9 Å². The Hall–Kier alpha value is -3.06. The first-order valence-corrected chi connectivity index (χ1v) is 14.1. The van der Waals surface area contributed by atoms with Crippen LogP contribution in [0.15, 0.2) is 36.4 Å². The molecule has 0 bridgehead atoms. The highest BCUT2D eigenvalue weighted by Crippen LogP contribution is 2.34. The lowest BCUT2D eigenvalue weighted by molar-refractivity contribution is -0.147. The monoisotopic (exact) mass is 571 g/mol. The van der Waals surface area contributed by atoms with Crippen LogP contribution < -0.4 is 10.6 Å². The number of nitrogens with zero attached hydrogens (tertiary/aromatic N) is 1. The molecular weight excluding hydrogens is 526 g/mol. The first-order valence-electron chi connectivity index (χ1n) is 13.8. The van der Waals surface area contributed by atoms with Crippen LogP contribution in [-0.2, 0) is 14.3 Å². The predicted molar refractivity (Wildman–Crippen MR) is 163 cm³/mol. The molecular formula is C32H46ClN3O4. The largest absolute Gasteiger partial charge is 0.444 e. The van der Waals surface area contributed by atoms with E-state index in [1.807, 2.05) is 85.7 Å². The van der Waals surface area contributed by atoms with E-state index in [1.54, 1.807) is 31.7 Å². The third-order valence-electron chi connectivity index (χ3n) is 6.19. The number of benzene rings is 2. The van der Waals surface area contributed by atoms with E-state index in [-0.39, 0.29) is 11.8 Å².